The van der Waals surface area contributed by atoms with Crippen molar-refractivity contribution in [3.63, 3.8) is 0 Å². The summed E-state index contributed by atoms with van der Waals surface area (Å²) in [5.41, 5.74) is 2.43. The molecule has 0 saturated carbocycles. The first-order valence-corrected chi connectivity index (χ1v) is 5.90. The lowest BCUT2D eigenvalue weighted by atomic mass is 10.1. The van der Waals surface area contributed by atoms with E-state index in [9.17, 15) is 0 Å². The molecule has 0 fully saturated rings. The second-order valence-corrected chi connectivity index (χ2v) is 4.21. The maximum atomic E-state index is 5.12. The molecule has 0 aliphatic heterocycles. The molecule has 1 N–H and O–H groups in total. The molecule has 18 heavy (non-hydrogen) atoms. The fourth-order valence-electron chi connectivity index (χ4n) is 1.78. The third-order valence-corrected chi connectivity index (χ3v) is 2.72. The molecule has 0 aliphatic carbocycles. The van der Waals surface area contributed by atoms with Gasteiger partial charge in [0.05, 0.1) is 13.2 Å². The zero-order valence-corrected chi connectivity index (χ0v) is 10.8. The van der Waals surface area contributed by atoms with E-state index in [4.69, 9.17) is 4.74 Å². The van der Waals surface area contributed by atoms with Crippen LogP contribution >= 0.6 is 0 Å². The third kappa shape index (κ3) is 3.38. The molecule has 0 spiro atoms. The molecule has 2 rings (SSSR count). The monoisotopic (exact) mass is 246 g/mol. The molecule has 0 radical (unpaired) electrons. The highest BCUT2D eigenvalue weighted by Crippen LogP contribution is 2.06. The van der Waals surface area contributed by atoms with E-state index < -0.39 is 0 Å². The fourth-order valence-corrected chi connectivity index (χ4v) is 1.78. The van der Waals surface area contributed by atoms with Crippen molar-refractivity contribution in [2.45, 2.75) is 19.7 Å². The zero-order valence-electron chi connectivity index (χ0n) is 10.8. The first kappa shape index (κ1) is 12.7. The van der Waals surface area contributed by atoms with E-state index in [-0.39, 0.29) is 0 Å². The number of hydrogen-bond acceptors (Lipinski definition) is 4. The van der Waals surface area contributed by atoms with Crippen LogP contribution in [0.15, 0.2) is 30.6 Å². The molecule has 1 heterocycles. The second-order valence-electron chi connectivity index (χ2n) is 4.21. The highest BCUT2D eigenvalue weighted by molar-refractivity contribution is 5.22. The largest absolute Gasteiger partial charge is 0.380 e. The lowest BCUT2D eigenvalue weighted by molar-refractivity contribution is 0.185. The van der Waals surface area contributed by atoms with Gasteiger partial charge in [0.1, 0.15) is 12.2 Å². The van der Waals surface area contributed by atoms with E-state index in [0.29, 0.717) is 13.2 Å². The Morgan fingerprint density at radius 2 is 2.11 bits per heavy atom. The lowest BCUT2D eigenvalue weighted by Gasteiger charge is -2.06. The second kappa shape index (κ2) is 6.28. The van der Waals surface area contributed by atoms with Crippen LogP contribution in [0, 0.1) is 0 Å². The number of methoxy groups -OCH3 is 1. The van der Waals surface area contributed by atoms with Crippen molar-refractivity contribution in [1.82, 2.24) is 20.1 Å². The number of aryl methyl sites for hydroxylation is 1. The molecule has 0 unspecified atom stereocenters. The van der Waals surface area contributed by atoms with Gasteiger partial charge in [-0.1, -0.05) is 24.3 Å². The summed E-state index contributed by atoms with van der Waals surface area (Å²) >= 11 is 0. The average molecular weight is 246 g/mol. The zero-order chi connectivity index (χ0) is 12.8. The van der Waals surface area contributed by atoms with Crippen molar-refractivity contribution in [2.75, 3.05) is 7.11 Å². The Morgan fingerprint density at radius 1 is 1.28 bits per heavy atom. The SMILES string of the molecule is COCc1cccc(CNCc2nncn2C)c1. The van der Waals surface area contributed by atoms with Crippen LogP contribution in [0.5, 0.6) is 0 Å². The summed E-state index contributed by atoms with van der Waals surface area (Å²) in [6.45, 7) is 2.17. The van der Waals surface area contributed by atoms with Crippen LogP contribution in [0.4, 0.5) is 0 Å². The van der Waals surface area contributed by atoms with Crippen molar-refractivity contribution in [3.05, 3.63) is 47.5 Å². The van der Waals surface area contributed by atoms with Gasteiger partial charge < -0.3 is 14.6 Å². The summed E-state index contributed by atoms with van der Waals surface area (Å²) in [7, 11) is 3.65. The normalized spacial score (nSPS) is 10.8. The van der Waals surface area contributed by atoms with E-state index >= 15 is 0 Å². The van der Waals surface area contributed by atoms with Gasteiger partial charge in [0.15, 0.2) is 0 Å². The van der Waals surface area contributed by atoms with Gasteiger partial charge in [-0.2, -0.15) is 0 Å². The van der Waals surface area contributed by atoms with Crippen LogP contribution in [0.3, 0.4) is 0 Å². The number of hydrogen-bond donors (Lipinski definition) is 1. The van der Waals surface area contributed by atoms with Gasteiger partial charge in [-0.25, -0.2) is 0 Å². The molecule has 5 heteroatoms. The van der Waals surface area contributed by atoms with Crippen LogP contribution in [-0.2, 0) is 31.5 Å². The summed E-state index contributed by atoms with van der Waals surface area (Å²) < 4.78 is 7.03. The van der Waals surface area contributed by atoms with Gasteiger partial charge in [-0.15, -0.1) is 10.2 Å². The van der Waals surface area contributed by atoms with E-state index in [2.05, 4.69) is 33.7 Å². The minimum atomic E-state index is 0.650. The highest BCUT2D eigenvalue weighted by atomic mass is 16.5. The minimum absolute atomic E-state index is 0.650. The van der Waals surface area contributed by atoms with Crippen LogP contribution in [-0.4, -0.2) is 21.9 Å². The third-order valence-electron chi connectivity index (χ3n) is 2.72. The molecule has 0 saturated heterocycles. The standard InChI is InChI=1S/C13H18N4O/c1-17-10-15-16-13(17)8-14-7-11-4-3-5-12(6-11)9-18-2/h3-6,10,14H,7-9H2,1-2H3. The summed E-state index contributed by atoms with van der Waals surface area (Å²) in [5.74, 6) is 0.933. The number of nitrogens with one attached hydrogen (secondary N) is 1. The lowest BCUT2D eigenvalue weighted by Crippen LogP contribution is -2.15. The topological polar surface area (TPSA) is 52.0 Å². The Hall–Kier alpha value is -1.72. The maximum absolute atomic E-state index is 5.12. The summed E-state index contributed by atoms with van der Waals surface area (Å²) in [6, 6.07) is 8.36. The molecule has 2 aromatic rings. The Labute approximate surface area is 107 Å². The maximum Gasteiger partial charge on any atom is 0.146 e. The predicted molar refractivity (Wildman–Crippen MR) is 68.7 cm³/mol. The van der Waals surface area contributed by atoms with Gasteiger partial charge in [0.25, 0.3) is 0 Å². The molecule has 1 aromatic heterocycles. The Balaban J connectivity index is 1.86. The summed E-state index contributed by atoms with van der Waals surface area (Å²) in [4.78, 5) is 0. The number of nitrogens with zero attached hydrogens (tertiary/aromatic N) is 3. The molecule has 0 amide bonds. The molecule has 0 atom stereocenters. The van der Waals surface area contributed by atoms with Gasteiger partial charge in [-0.3, -0.25) is 0 Å². The van der Waals surface area contributed by atoms with Crippen molar-refractivity contribution in [1.29, 1.82) is 0 Å². The van der Waals surface area contributed by atoms with Gasteiger partial charge in [-0.05, 0) is 11.1 Å². The quantitative estimate of drug-likeness (QED) is 0.833. The van der Waals surface area contributed by atoms with E-state index in [1.54, 1.807) is 13.4 Å². The number of benzene rings is 1. The van der Waals surface area contributed by atoms with Crippen molar-refractivity contribution in [3.8, 4) is 0 Å². The molecule has 96 valence electrons. The van der Waals surface area contributed by atoms with Gasteiger partial charge >= 0.3 is 0 Å². The molecule has 0 aliphatic rings. The first-order chi connectivity index (χ1) is 8.79. The van der Waals surface area contributed by atoms with E-state index in [0.717, 1.165) is 12.4 Å². The number of ether oxygens (including phenoxy) is 1. The molecular formula is C13H18N4O. The number of aromatic nitrogens is 3. The summed E-state index contributed by atoms with van der Waals surface area (Å²) in [6.07, 6.45) is 1.70. The minimum Gasteiger partial charge on any atom is -0.380 e. The summed E-state index contributed by atoms with van der Waals surface area (Å²) in [5, 5.41) is 11.2. The van der Waals surface area contributed by atoms with E-state index in [1.165, 1.54) is 11.1 Å². The van der Waals surface area contributed by atoms with Crippen LogP contribution in [0.2, 0.25) is 0 Å². The van der Waals surface area contributed by atoms with Crippen LogP contribution in [0.25, 0.3) is 0 Å². The van der Waals surface area contributed by atoms with Crippen LogP contribution < -0.4 is 5.32 Å². The predicted octanol–water partition coefficient (Wildman–Crippen LogP) is 1.25. The number of rotatable bonds is 6. The molecule has 5 nitrogen and oxygen atoms in total. The highest BCUT2D eigenvalue weighted by Gasteiger charge is 2.00. The molecule has 1 aromatic carbocycles. The molecule has 0 bridgehead atoms. The van der Waals surface area contributed by atoms with Gasteiger partial charge in [0, 0.05) is 20.7 Å². The Morgan fingerprint density at radius 3 is 2.83 bits per heavy atom. The molecular weight excluding hydrogens is 228 g/mol. The van der Waals surface area contributed by atoms with Crippen molar-refractivity contribution >= 4 is 0 Å². The Kier molecular flexibility index (Phi) is 4.44. The first-order valence-electron chi connectivity index (χ1n) is 5.90. The average Bonchev–Trinajstić information content (AvgIpc) is 2.76. The van der Waals surface area contributed by atoms with E-state index in [1.807, 2.05) is 17.7 Å². The van der Waals surface area contributed by atoms with Gasteiger partial charge in [0.2, 0.25) is 0 Å². The van der Waals surface area contributed by atoms with Crippen molar-refractivity contribution < 1.29 is 4.74 Å². The smallest absolute Gasteiger partial charge is 0.146 e. The van der Waals surface area contributed by atoms with Crippen LogP contribution in [0.1, 0.15) is 17.0 Å². The van der Waals surface area contributed by atoms with Crippen molar-refractivity contribution in [2.24, 2.45) is 7.05 Å². The fraction of sp³-hybridized carbons (Fsp3) is 0.385. The Bertz CT molecular complexity index is 495.